The van der Waals surface area contributed by atoms with Crippen LogP contribution in [0.1, 0.15) is 6.42 Å². The highest BCUT2D eigenvalue weighted by atomic mass is 35.5. The van der Waals surface area contributed by atoms with E-state index in [0.29, 0.717) is 10.8 Å². The Morgan fingerprint density at radius 3 is 2.68 bits per heavy atom. The molecule has 0 bridgehead atoms. The minimum absolute atomic E-state index is 0. The van der Waals surface area contributed by atoms with E-state index in [9.17, 15) is 13.2 Å². The maximum absolute atomic E-state index is 11.9. The van der Waals surface area contributed by atoms with Gasteiger partial charge in [0.1, 0.15) is 4.21 Å². The Kier molecular flexibility index (Phi) is 10.7. The molecule has 1 aromatic rings. The first-order valence-electron chi connectivity index (χ1n) is 6.14. The molecule has 0 saturated heterocycles. The van der Waals surface area contributed by atoms with E-state index >= 15 is 0 Å². The van der Waals surface area contributed by atoms with Gasteiger partial charge in [-0.3, -0.25) is 4.79 Å². The molecule has 4 N–H and O–H groups in total. The first-order valence-corrected chi connectivity index (χ1v) is 10.2. The summed E-state index contributed by atoms with van der Waals surface area (Å²) in [7, 11) is -3.57. The van der Waals surface area contributed by atoms with E-state index in [4.69, 9.17) is 17.3 Å². The average molecular weight is 408 g/mol. The topological polar surface area (TPSA) is 101 Å². The second-order valence-electron chi connectivity index (χ2n) is 4.14. The molecular weight excluding hydrogens is 389 g/mol. The second kappa shape index (κ2) is 10.7. The van der Waals surface area contributed by atoms with Crippen molar-refractivity contribution in [2.24, 2.45) is 5.73 Å². The summed E-state index contributed by atoms with van der Waals surface area (Å²) in [5.74, 6) is 0.530. The van der Waals surface area contributed by atoms with E-state index in [1.54, 1.807) is 11.8 Å². The van der Waals surface area contributed by atoms with Gasteiger partial charge in [-0.15, -0.1) is 23.7 Å². The third kappa shape index (κ3) is 7.49. The number of hydrogen-bond acceptors (Lipinski definition) is 6. The van der Waals surface area contributed by atoms with Crippen LogP contribution < -0.4 is 15.8 Å². The van der Waals surface area contributed by atoms with Crippen LogP contribution in [0.15, 0.2) is 16.3 Å². The van der Waals surface area contributed by atoms with Gasteiger partial charge in [0.15, 0.2) is 0 Å². The van der Waals surface area contributed by atoms with E-state index in [1.807, 2.05) is 6.26 Å². The molecule has 0 aliphatic rings. The van der Waals surface area contributed by atoms with Crippen molar-refractivity contribution < 1.29 is 13.2 Å². The predicted molar refractivity (Wildman–Crippen MR) is 95.7 cm³/mol. The Labute approximate surface area is 150 Å². The molecule has 11 heteroatoms. The number of sulfonamides is 1. The standard InChI is InChI=1S/C11H18ClN3O3S3.ClH/c1-19-7-4-8(13)11(16)14-5-6-15-21(17,18)10-3-2-9(12)20-10;/h2-3,8,15H,4-7,13H2,1H3,(H,14,16);1H. The number of carbonyl (C=O) groups excluding carboxylic acids is 1. The first-order chi connectivity index (χ1) is 9.86. The summed E-state index contributed by atoms with van der Waals surface area (Å²) in [5.41, 5.74) is 5.69. The zero-order valence-electron chi connectivity index (χ0n) is 11.9. The van der Waals surface area contributed by atoms with E-state index < -0.39 is 16.1 Å². The Morgan fingerprint density at radius 2 is 2.14 bits per heavy atom. The smallest absolute Gasteiger partial charge is 0.250 e. The fourth-order valence-electron chi connectivity index (χ4n) is 1.39. The van der Waals surface area contributed by atoms with Crippen LogP contribution in [0, 0.1) is 0 Å². The number of hydrogen-bond donors (Lipinski definition) is 3. The maximum Gasteiger partial charge on any atom is 0.250 e. The summed E-state index contributed by atoms with van der Waals surface area (Å²) in [4.78, 5) is 11.6. The van der Waals surface area contributed by atoms with E-state index in [0.717, 1.165) is 17.1 Å². The maximum atomic E-state index is 11.9. The molecule has 22 heavy (non-hydrogen) atoms. The number of thioether (sulfide) groups is 1. The molecular formula is C11H19Cl2N3O3S3. The van der Waals surface area contributed by atoms with Gasteiger partial charge in [-0.1, -0.05) is 11.6 Å². The summed E-state index contributed by atoms with van der Waals surface area (Å²) >= 11 is 8.30. The SMILES string of the molecule is CSCCC(N)C(=O)NCCNS(=O)(=O)c1ccc(Cl)s1.Cl. The number of amides is 1. The lowest BCUT2D eigenvalue weighted by molar-refractivity contribution is -0.122. The van der Waals surface area contributed by atoms with Crippen LogP contribution in [-0.4, -0.2) is 45.5 Å². The van der Waals surface area contributed by atoms with Gasteiger partial charge in [-0.2, -0.15) is 11.8 Å². The third-order valence-electron chi connectivity index (χ3n) is 2.50. The van der Waals surface area contributed by atoms with Crippen LogP contribution in [0.5, 0.6) is 0 Å². The van der Waals surface area contributed by atoms with Gasteiger partial charge < -0.3 is 11.1 Å². The molecule has 1 rings (SSSR count). The normalized spacial score (nSPS) is 12.5. The van der Waals surface area contributed by atoms with E-state index in [2.05, 4.69) is 10.0 Å². The average Bonchev–Trinajstić information content (AvgIpc) is 2.88. The van der Waals surface area contributed by atoms with Crippen molar-refractivity contribution in [2.75, 3.05) is 25.1 Å². The van der Waals surface area contributed by atoms with Gasteiger partial charge in [-0.25, -0.2) is 13.1 Å². The number of nitrogens with one attached hydrogen (secondary N) is 2. The monoisotopic (exact) mass is 407 g/mol. The predicted octanol–water partition coefficient (Wildman–Crippen LogP) is 1.30. The zero-order chi connectivity index (χ0) is 15.9. The van der Waals surface area contributed by atoms with Crippen molar-refractivity contribution in [1.82, 2.24) is 10.0 Å². The van der Waals surface area contributed by atoms with Crippen LogP contribution in [-0.2, 0) is 14.8 Å². The summed E-state index contributed by atoms with van der Waals surface area (Å²) in [5, 5.41) is 2.60. The number of thiophene rings is 1. The summed E-state index contributed by atoms with van der Waals surface area (Å²) in [6.07, 6.45) is 2.53. The molecule has 1 aromatic heterocycles. The highest BCUT2D eigenvalue weighted by Crippen LogP contribution is 2.25. The molecule has 0 aliphatic heterocycles. The minimum Gasteiger partial charge on any atom is -0.353 e. The molecule has 0 saturated carbocycles. The van der Waals surface area contributed by atoms with Gasteiger partial charge in [-0.05, 0) is 30.6 Å². The van der Waals surface area contributed by atoms with Crippen LogP contribution >= 0.6 is 47.1 Å². The fraction of sp³-hybridized carbons (Fsp3) is 0.545. The number of nitrogens with two attached hydrogens (primary N) is 1. The second-order valence-corrected chi connectivity index (χ2v) is 8.83. The molecule has 1 amide bonds. The molecule has 0 aromatic carbocycles. The highest BCUT2D eigenvalue weighted by Gasteiger charge is 2.16. The van der Waals surface area contributed by atoms with Gasteiger partial charge in [0.25, 0.3) is 0 Å². The van der Waals surface area contributed by atoms with Crippen molar-refractivity contribution in [3.8, 4) is 0 Å². The van der Waals surface area contributed by atoms with Crippen molar-refractivity contribution in [3.05, 3.63) is 16.5 Å². The van der Waals surface area contributed by atoms with E-state index in [-0.39, 0.29) is 35.6 Å². The molecule has 128 valence electrons. The van der Waals surface area contributed by atoms with Gasteiger partial charge >= 0.3 is 0 Å². The number of carbonyl (C=O) groups is 1. The van der Waals surface area contributed by atoms with Crippen molar-refractivity contribution in [3.63, 3.8) is 0 Å². The van der Waals surface area contributed by atoms with Crippen molar-refractivity contribution in [1.29, 1.82) is 0 Å². The van der Waals surface area contributed by atoms with Crippen molar-refractivity contribution in [2.45, 2.75) is 16.7 Å². The lowest BCUT2D eigenvalue weighted by Crippen LogP contribution is -2.43. The fourth-order valence-corrected chi connectivity index (χ4v) is 4.44. The molecule has 1 heterocycles. The van der Waals surface area contributed by atoms with Gasteiger partial charge in [0, 0.05) is 13.1 Å². The highest BCUT2D eigenvalue weighted by molar-refractivity contribution is 7.98. The molecule has 0 aliphatic carbocycles. The summed E-state index contributed by atoms with van der Waals surface area (Å²) < 4.78 is 26.7. The molecule has 1 unspecified atom stereocenters. The molecule has 0 spiro atoms. The Hall–Kier alpha value is -0.0300. The molecule has 0 radical (unpaired) electrons. The third-order valence-corrected chi connectivity index (χ3v) is 6.33. The molecule has 0 fully saturated rings. The molecule has 6 nitrogen and oxygen atoms in total. The van der Waals surface area contributed by atoms with Crippen LogP contribution in [0.25, 0.3) is 0 Å². The Balaban J connectivity index is 0.00000441. The lowest BCUT2D eigenvalue weighted by Gasteiger charge is -2.11. The summed E-state index contributed by atoms with van der Waals surface area (Å²) in [6.45, 7) is 0.281. The van der Waals surface area contributed by atoms with Crippen LogP contribution in [0.3, 0.4) is 0 Å². The van der Waals surface area contributed by atoms with Gasteiger partial charge in [0.2, 0.25) is 15.9 Å². The van der Waals surface area contributed by atoms with Gasteiger partial charge in [0.05, 0.1) is 10.4 Å². The van der Waals surface area contributed by atoms with Crippen LogP contribution in [0.4, 0.5) is 0 Å². The first kappa shape index (κ1) is 22.0. The Bertz CT molecular complexity index is 566. The van der Waals surface area contributed by atoms with E-state index in [1.165, 1.54) is 12.1 Å². The Morgan fingerprint density at radius 1 is 1.45 bits per heavy atom. The quantitative estimate of drug-likeness (QED) is 0.535. The number of rotatable bonds is 9. The lowest BCUT2D eigenvalue weighted by atomic mass is 10.2. The van der Waals surface area contributed by atoms with Crippen LogP contribution in [0.2, 0.25) is 4.34 Å². The largest absolute Gasteiger partial charge is 0.353 e. The summed E-state index contributed by atoms with van der Waals surface area (Å²) in [6, 6.07) is 2.39. The zero-order valence-corrected chi connectivity index (χ0v) is 15.9. The van der Waals surface area contributed by atoms with Crippen molar-refractivity contribution >= 4 is 63.0 Å². The minimum atomic E-state index is -3.57. The number of halogens is 2. The molecule has 1 atom stereocenters.